The zero-order valence-corrected chi connectivity index (χ0v) is 8.18. The van der Waals surface area contributed by atoms with Crippen LogP contribution in [0.5, 0.6) is 0 Å². The lowest BCUT2D eigenvalue weighted by atomic mass is 10.1. The minimum Gasteiger partial charge on any atom is -0.447 e. The predicted octanol–water partition coefficient (Wildman–Crippen LogP) is 2.33. The molecular formula is C12H10N2O. The van der Waals surface area contributed by atoms with Crippen LogP contribution in [0.3, 0.4) is 0 Å². The Kier molecular flexibility index (Phi) is 2.80. The maximum Gasteiger partial charge on any atom is 0.182 e. The largest absolute Gasteiger partial charge is 0.447 e. The number of hydrogen-bond acceptors (Lipinski definition) is 3. The molecule has 0 saturated carbocycles. The van der Waals surface area contributed by atoms with Crippen molar-refractivity contribution in [2.45, 2.75) is 12.8 Å². The van der Waals surface area contributed by atoms with Crippen molar-refractivity contribution in [2.24, 2.45) is 0 Å². The average molecular weight is 198 g/mol. The van der Waals surface area contributed by atoms with E-state index in [2.05, 4.69) is 17.1 Å². The van der Waals surface area contributed by atoms with E-state index in [0.717, 1.165) is 6.42 Å². The molecule has 1 aromatic carbocycles. The Bertz CT molecular complexity index is 468. The van der Waals surface area contributed by atoms with Gasteiger partial charge in [0.2, 0.25) is 0 Å². The fourth-order valence-corrected chi connectivity index (χ4v) is 1.44. The first-order chi connectivity index (χ1) is 7.40. The van der Waals surface area contributed by atoms with Crippen LogP contribution < -0.4 is 0 Å². The maximum absolute atomic E-state index is 8.73. The van der Waals surface area contributed by atoms with Crippen molar-refractivity contribution in [1.82, 2.24) is 4.98 Å². The quantitative estimate of drug-likeness (QED) is 0.760. The highest BCUT2D eigenvalue weighted by atomic mass is 16.3. The van der Waals surface area contributed by atoms with E-state index in [-0.39, 0.29) is 0 Å². The molecule has 1 aromatic heterocycles. The van der Waals surface area contributed by atoms with Crippen molar-refractivity contribution in [3.8, 4) is 6.07 Å². The summed E-state index contributed by atoms with van der Waals surface area (Å²) < 4.78 is 5.14. The Morgan fingerprint density at radius 2 is 2.00 bits per heavy atom. The monoisotopic (exact) mass is 198 g/mol. The lowest BCUT2D eigenvalue weighted by Gasteiger charge is -1.98. The molecule has 0 saturated heterocycles. The van der Waals surface area contributed by atoms with E-state index in [0.29, 0.717) is 17.9 Å². The standard InChI is InChI=1S/C12H10N2O/c13-8-11-12(15-9-14-11)7-6-10-4-2-1-3-5-10/h1-5,9H,6-7H2. The van der Waals surface area contributed by atoms with Gasteiger partial charge in [-0.1, -0.05) is 30.3 Å². The Hall–Kier alpha value is -2.08. The van der Waals surface area contributed by atoms with Gasteiger partial charge < -0.3 is 4.42 Å². The van der Waals surface area contributed by atoms with Gasteiger partial charge in [0.15, 0.2) is 12.1 Å². The average Bonchev–Trinajstić information content (AvgIpc) is 2.75. The minimum absolute atomic E-state index is 0.394. The van der Waals surface area contributed by atoms with Crippen molar-refractivity contribution in [1.29, 1.82) is 5.26 Å². The van der Waals surface area contributed by atoms with Crippen LogP contribution in [0, 0.1) is 11.3 Å². The summed E-state index contributed by atoms with van der Waals surface area (Å²) in [6.07, 6.45) is 2.90. The van der Waals surface area contributed by atoms with Gasteiger partial charge in [-0.25, -0.2) is 4.98 Å². The molecule has 0 atom stereocenters. The molecule has 2 rings (SSSR count). The molecular weight excluding hydrogens is 188 g/mol. The number of rotatable bonds is 3. The third-order valence-corrected chi connectivity index (χ3v) is 2.23. The van der Waals surface area contributed by atoms with E-state index in [9.17, 15) is 0 Å². The van der Waals surface area contributed by atoms with E-state index < -0.39 is 0 Å². The molecule has 15 heavy (non-hydrogen) atoms. The molecule has 0 fully saturated rings. The molecule has 3 heteroatoms. The molecule has 0 aliphatic carbocycles. The molecule has 3 nitrogen and oxygen atoms in total. The molecule has 0 spiro atoms. The van der Waals surface area contributed by atoms with Crippen LogP contribution in [0.25, 0.3) is 0 Å². The normalized spacial score (nSPS) is 9.80. The first-order valence-electron chi connectivity index (χ1n) is 4.76. The van der Waals surface area contributed by atoms with Crippen molar-refractivity contribution >= 4 is 0 Å². The fourth-order valence-electron chi connectivity index (χ4n) is 1.44. The summed E-state index contributed by atoms with van der Waals surface area (Å²) in [7, 11) is 0. The lowest BCUT2D eigenvalue weighted by Crippen LogP contribution is -1.91. The van der Waals surface area contributed by atoms with Crippen LogP contribution in [0.4, 0.5) is 0 Å². The molecule has 0 unspecified atom stereocenters. The van der Waals surface area contributed by atoms with E-state index >= 15 is 0 Å². The van der Waals surface area contributed by atoms with Gasteiger partial charge in [0.1, 0.15) is 11.8 Å². The maximum atomic E-state index is 8.73. The minimum atomic E-state index is 0.394. The van der Waals surface area contributed by atoms with Gasteiger partial charge in [-0.05, 0) is 12.0 Å². The van der Waals surface area contributed by atoms with Crippen LogP contribution >= 0.6 is 0 Å². The molecule has 0 aliphatic rings. The van der Waals surface area contributed by atoms with Crippen molar-refractivity contribution in [3.05, 3.63) is 53.7 Å². The fraction of sp³-hybridized carbons (Fsp3) is 0.167. The molecule has 0 radical (unpaired) electrons. The summed E-state index contributed by atoms with van der Waals surface area (Å²) in [6.45, 7) is 0. The summed E-state index contributed by atoms with van der Waals surface area (Å²) in [5.74, 6) is 0.668. The van der Waals surface area contributed by atoms with E-state index in [1.165, 1.54) is 12.0 Å². The third-order valence-electron chi connectivity index (χ3n) is 2.23. The highest BCUT2D eigenvalue weighted by Crippen LogP contribution is 2.10. The Balaban J connectivity index is 2.03. The second-order valence-electron chi connectivity index (χ2n) is 3.22. The Labute approximate surface area is 88.0 Å². The van der Waals surface area contributed by atoms with Crippen molar-refractivity contribution in [2.75, 3.05) is 0 Å². The number of nitriles is 1. The van der Waals surface area contributed by atoms with Crippen molar-refractivity contribution < 1.29 is 4.42 Å². The van der Waals surface area contributed by atoms with Gasteiger partial charge in [-0.3, -0.25) is 0 Å². The zero-order valence-electron chi connectivity index (χ0n) is 8.18. The molecule has 0 aliphatic heterocycles. The Morgan fingerprint density at radius 1 is 1.20 bits per heavy atom. The molecule has 0 N–H and O–H groups in total. The van der Waals surface area contributed by atoms with Gasteiger partial charge in [-0.2, -0.15) is 5.26 Å². The topological polar surface area (TPSA) is 49.8 Å². The summed E-state index contributed by atoms with van der Waals surface area (Å²) in [4.78, 5) is 3.82. The summed E-state index contributed by atoms with van der Waals surface area (Å²) in [5.41, 5.74) is 1.63. The Morgan fingerprint density at radius 3 is 2.73 bits per heavy atom. The van der Waals surface area contributed by atoms with E-state index in [4.69, 9.17) is 9.68 Å². The second-order valence-corrected chi connectivity index (χ2v) is 3.22. The molecule has 0 amide bonds. The number of aryl methyl sites for hydroxylation is 2. The van der Waals surface area contributed by atoms with Crippen LogP contribution in [0.2, 0.25) is 0 Å². The van der Waals surface area contributed by atoms with Crippen LogP contribution in [-0.4, -0.2) is 4.98 Å². The van der Waals surface area contributed by atoms with Crippen LogP contribution in [0.1, 0.15) is 17.0 Å². The number of benzene rings is 1. The highest BCUT2D eigenvalue weighted by Gasteiger charge is 2.06. The lowest BCUT2D eigenvalue weighted by molar-refractivity contribution is 0.502. The molecule has 0 bridgehead atoms. The summed E-state index contributed by atoms with van der Waals surface area (Å²) in [6, 6.07) is 12.1. The molecule has 74 valence electrons. The second kappa shape index (κ2) is 4.43. The van der Waals surface area contributed by atoms with Crippen LogP contribution in [-0.2, 0) is 12.8 Å². The van der Waals surface area contributed by atoms with Gasteiger partial charge in [0.05, 0.1) is 0 Å². The van der Waals surface area contributed by atoms with Crippen LogP contribution in [0.15, 0.2) is 41.1 Å². The van der Waals surface area contributed by atoms with Crippen molar-refractivity contribution in [3.63, 3.8) is 0 Å². The van der Waals surface area contributed by atoms with Gasteiger partial charge >= 0.3 is 0 Å². The van der Waals surface area contributed by atoms with Gasteiger partial charge in [-0.15, -0.1) is 0 Å². The number of oxazole rings is 1. The zero-order chi connectivity index (χ0) is 10.5. The molecule has 2 aromatic rings. The van der Waals surface area contributed by atoms with Gasteiger partial charge in [0, 0.05) is 6.42 Å². The smallest absolute Gasteiger partial charge is 0.182 e. The number of aromatic nitrogens is 1. The van der Waals surface area contributed by atoms with Gasteiger partial charge in [0.25, 0.3) is 0 Å². The number of nitrogens with zero attached hydrogens (tertiary/aromatic N) is 2. The summed E-state index contributed by atoms with van der Waals surface area (Å²) in [5, 5.41) is 8.73. The SMILES string of the molecule is N#Cc1ncoc1CCc1ccccc1. The van der Waals surface area contributed by atoms with E-state index in [1.54, 1.807) is 0 Å². The molecule has 1 heterocycles. The number of hydrogen-bond donors (Lipinski definition) is 0. The predicted molar refractivity (Wildman–Crippen MR) is 55.1 cm³/mol. The third kappa shape index (κ3) is 2.23. The first-order valence-corrected chi connectivity index (χ1v) is 4.76. The first kappa shape index (κ1) is 9.47. The highest BCUT2D eigenvalue weighted by molar-refractivity contribution is 5.24. The van der Waals surface area contributed by atoms with E-state index in [1.807, 2.05) is 24.3 Å². The summed E-state index contributed by atoms with van der Waals surface area (Å²) >= 11 is 0.